The molecule has 0 saturated heterocycles. The quantitative estimate of drug-likeness (QED) is 0.889. The van der Waals surface area contributed by atoms with Crippen molar-refractivity contribution in [3.63, 3.8) is 0 Å². The van der Waals surface area contributed by atoms with Crippen LogP contribution < -0.4 is 10.9 Å². The minimum absolute atomic E-state index is 0.00562. The summed E-state index contributed by atoms with van der Waals surface area (Å²) in [4.78, 5) is 26.4. The van der Waals surface area contributed by atoms with Crippen LogP contribution in [0.2, 0.25) is 0 Å². The number of carbonyl (C=O) groups is 1. The lowest BCUT2D eigenvalue weighted by molar-refractivity contribution is -0.188. The molecule has 1 aliphatic rings. The van der Waals surface area contributed by atoms with Gasteiger partial charge in [-0.05, 0) is 44.7 Å². The highest BCUT2D eigenvalue weighted by Crippen LogP contribution is 2.24. The Morgan fingerprint density at radius 1 is 1.39 bits per heavy atom. The fourth-order valence-electron chi connectivity index (χ4n) is 2.65. The molecule has 1 aliphatic carbocycles. The summed E-state index contributed by atoms with van der Waals surface area (Å²) < 4.78 is 41.4. The highest BCUT2D eigenvalue weighted by molar-refractivity contribution is 5.93. The molecule has 0 spiro atoms. The number of halogens is 3. The number of pyridine rings is 1. The Balaban J connectivity index is 1.92. The topological polar surface area (TPSA) is 71.2 Å². The molecule has 1 fully saturated rings. The highest BCUT2D eigenvalue weighted by Gasteiger charge is 2.31. The maximum absolute atomic E-state index is 12.2. The van der Waals surface area contributed by atoms with Crippen LogP contribution in [-0.4, -0.2) is 35.8 Å². The summed E-state index contributed by atoms with van der Waals surface area (Å²) in [6.45, 7) is 0.419. The van der Waals surface area contributed by atoms with E-state index in [1.54, 1.807) is 13.0 Å². The van der Waals surface area contributed by atoms with Crippen LogP contribution in [0, 0.1) is 6.92 Å². The normalized spacial score (nSPS) is 21.9. The lowest BCUT2D eigenvalue weighted by Gasteiger charge is -2.30. The predicted molar refractivity (Wildman–Crippen MR) is 77.3 cm³/mol. The number of hydrogen-bond acceptors (Lipinski definition) is 3. The number of amides is 1. The fourth-order valence-corrected chi connectivity index (χ4v) is 2.65. The first kappa shape index (κ1) is 17.5. The van der Waals surface area contributed by atoms with Gasteiger partial charge >= 0.3 is 6.18 Å². The van der Waals surface area contributed by atoms with E-state index in [1.807, 2.05) is 0 Å². The van der Waals surface area contributed by atoms with Gasteiger partial charge in [0.05, 0.1) is 6.10 Å². The van der Waals surface area contributed by atoms with Crippen molar-refractivity contribution in [2.75, 3.05) is 6.61 Å². The molecule has 1 amide bonds. The Morgan fingerprint density at radius 3 is 2.78 bits per heavy atom. The Hall–Kier alpha value is -1.83. The number of hydrogen-bond donors (Lipinski definition) is 2. The number of aryl methyl sites for hydroxylation is 1. The second-order valence-electron chi connectivity index (χ2n) is 5.77. The molecular formula is C15H19F3N2O3. The number of aromatic nitrogens is 1. The number of aromatic amines is 1. The van der Waals surface area contributed by atoms with Crippen LogP contribution in [0.15, 0.2) is 16.9 Å². The van der Waals surface area contributed by atoms with E-state index in [9.17, 15) is 22.8 Å². The zero-order chi connectivity index (χ0) is 17.0. The van der Waals surface area contributed by atoms with Gasteiger partial charge in [0.25, 0.3) is 11.5 Å². The van der Waals surface area contributed by atoms with E-state index in [2.05, 4.69) is 10.3 Å². The third kappa shape index (κ3) is 5.38. The highest BCUT2D eigenvalue weighted by atomic mass is 19.4. The molecule has 2 rings (SSSR count). The smallest absolute Gasteiger partial charge is 0.369 e. The first-order valence-electron chi connectivity index (χ1n) is 7.44. The van der Waals surface area contributed by atoms with Crippen molar-refractivity contribution < 1.29 is 22.7 Å². The van der Waals surface area contributed by atoms with Crippen LogP contribution in [0.3, 0.4) is 0 Å². The maximum Gasteiger partial charge on any atom is 0.411 e. The first-order valence-corrected chi connectivity index (χ1v) is 7.44. The molecule has 0 radical (unpaired) electrons. The van der Waals surface area contributed by atoms with Crippen LogP contribution >= 0.6 is 0 Å². The maximum atomic E-state index is 12.2. The second-order valence-corrected chi connectivity index (χ2v) is 5.77. The monoisotopic (exact) mass is 332 g/mol. The van der Waals surface area contributed by atoms with Crippen molar-refractivity contribution in [1.82, 2.24) is 10.3 Å². The molecule has 0 unspecified atom stereocenters. The molecule has 0 bridgehead atoms. The molecule has 0 aromatic carbocycles. The first-order chi connectivity index (χ1) is 10.7. The molecule has 23 heavy (non-hydrogen) atoms. The van der Waals surface area contributed by atoms with E-state index in [1.165, 1.54) is 6.07 Å². The summed E-state index contributed by atoms with van der Waals surface area (Å²) in [5.74, 6) is -0.521. The van der Waals surface area contributed by atoms with Crippen LogP contribution in [0.25, 0.3) is 0 Å². The van der Waals surface area contributed by atoms with Crippen molar-refractivity contribution in [2.24, 2.45) is 0 Å². The Labute approximate surface area is 131 Å². The van der Waals surface area contributed by atoms with Gasteiger partial charge in [0, 0.05) is 11.7 Å². The third-order valence-corrected chi connectivity index (χ3v) is 3.74. The lowest BCUT2D eigenvalue weighted by atomic mass is 9.92. The summed E-state index contributed by atoms with van der Waals surface area (Å²) in [5.41, 5.74) is 0.155. The molecule has 1 saturated carbocycles. The van der Waals surface area contributed by atoms with Gasteiger partial charge in [0.15, 0.2) is 0 Å². The minimum Gasteiger partial charge on any atom is -0.369 e. The summed E-state index contributed by atoms with van der Waals surface area (Å²) >= 11 is 0. The van der Waals surface area contributed by atoms with Gasteiger partial charge in [-0.3, -0.25) is 9.59 Å². The molecule has 0 aliphatic heterocycles. The standard InChI is InChI=1S/C15H19F3N2O3/c1-9-5-6-12(13(21)19-9)14(22)20-10-3-2-4-11(7-10)23-8-15(16,17)18/h5-6,10-11H,2-4,7-8H2,1H3,(H,19,21)(H,20,22)/t10-,11-/m0/s1. The third-order valence-electron chi connectivity index (χ3n) is 3.74. The fraction of sp³-hybridized carbons (Fsp3) is 0.600. The number of ether oxygens (including phenoxy) is 1. The van der Waals surface area contributed by atoms with Crippen molar-refractivity contribution in [1.29, 1.82) is 0 Å². The largest absolute Gasteiger partial charge is 0.411 e. The zero-order valence-corrected chi connectivity index (χ0v) is 12.7. The van der Waals surface area contributed by atoms with E-state index in [4.69, 9.17) is 4.74 Å². The van der Waals surface area contributed by atoms with Gasteiger partial charge in [-0.25, -0.2) is 0 Å². The van der Waals surface area contributed by atoms with Gasteiger partial charge < -0.3 is 15.0 Å². The summed E-state index contributed by atoms with van der Waals surface area (Å²) in [5, 5.41) is 2.70. The zero-order valence-electron chi connectivity index (χ0n) is 12.7. The van der Waals surface area contributed by atoms with Crippen LogP contribution in [0.1, 0.15) is 41.7 Å². The number of rotatable bonds is 4. The number of H-pyrrole nitrogens is 1. The Bertz CT molecular complexity index is 613. The minimum atomic E-state index is -4.36. The van der Waals surface area contributed by atoms with Gasteiger partial charge in [0.2, 0.25) is 0 Å². The van der Waals surface area contributed by atoms with E-state index >= 15 is 0 Å². The second kappa shape index (κ2) is 7.16. The van der Waals surface area contributed by atoms with Crippen molar-refractivity contribution >= 4 is 5.91 Å². The number of nitrogens with one attached hydrogen (secondary N) is 2. The lowest BCUT2D eigenvalue weighted by Crippen LogP contribution is -2.42. The van der Waals surface area contributed by atoms with Gasteiger partial charge in [0.1, 0.15) is 12.2 Å². The molecule has 8 heteroatoms. The van der Waals surface area contributed by atoms with E-state index in [0.717, 1.165) is 0 Å². The van der Waals surface area contributed by atoms with Gasteiger partial charge in [-0.15, -0.1) is 0 Å². The van der Waals surface area contributed by atoms with Gasteiger partial charge in [-0.2, -0.15) is 13.2 Å². The van der Waals surface area contributed by atoms with Crippen molar-refractivity contribution in [3.05, 3.63) is 33.7 Å². The molecule has 2 atom stereocenters. The van der Waals surface area contributed by atoms with Gasteiger partial charge in [-0.1, -0.05) is 0 Å². The summed E-state index contributed by atoms with van der Waals surface area (Å²) in [6.07, 6.45) is -2.73. The number of carbonyl (C=O) groups excluding carboxylic acids is 1. The van der Waals surface area contributed by atoms with E-state index < -0.39 is 30.4 Å². The molecule has 1 heterocycles. The average molecular weight is 332 g/mol. The summed E-state index contributed by atoms with van der Waals surface area (Å²) in [7, 11) is 0. The molecular weight excluding hydrogens is 313 g/mol. The van der Waals surface area contributed by atoms with Crippen LogP contribution in [0.5, 0.6) is 0 Å². The van der Waals surface area contributed by atoms with E-state index in [-0.39, 0.29) is 11.6 Å². The molecule has 1 aromatic heterocycles. The molecule has 2 N–H and O–H groups in total. The number of alkyl halides is 3. The molecule has 1 aromatic rings. The Morgan fingerprint density at radius 2 is 2.13 bits per heavy atom. The van der Waals surface area contributed by atoms with Crippen molar-refractivity contribution in [3.8, 4) is 0 Å². The predicted octanol–water partition coefficient (Wildman–Crippen LogP) is 2.30. The SMILES string of the molecule is Cc1ccc(C(=O)N[C@H]2CCC[C@H](OCC(F)(F)F)C2)c(=O)[nH]1. The van der Waals surface area contributed by atoms with E-state index in [0.29, 0.717) is 31.4 Å². The molecule has 5 nitrogen and oxygen atoms in total. The summed E-state index contributed by atoms with van der Waals surface area (Å²) in [6, 6.07) is 2.76. The van der Waals surface area contributed by atoms with Crippen LogP contribution in [0.4, 0.5) is 13.2 Å². The van der Waals surface area contributed by atoms with Crippen molar-refractivity contribution in [2.45, 2.75) is 50.9 Å². The van der Waals surface area contributed by atoms with Crippen LogP contribution in [-0.2, 0) is 4.74 Å². The molecule has 128 valence electrons. The Kier molecular flexibility index (Phi) is 5.46. The average Bonchev–Trinajstić information content (AvgIpc) is 2.44.